The number of hydrogen-bond acceptors (Lipinski definition) is 4. The third-order valence-corrected chi connectivity index (χ3v) is 3.10. The lowest BCUT2D eigenvalue weighted by Gasteiger charge is -2.21. The summed E-state index contributed by atoms with van der Waals surface area (Å²) in [6.45, 7) is 10.4. The van der Waals surface area contributed by atoms with E-state index in [9.17, 15) is 0 Å². The van der Waals surface area contributed by atoms with Gasteiger partial charge in [0.2, 0.25) is 0 Å². The van der Waals surface area contributed by atoms with Crippen molar-refractivity contribution >= 4 is 0 Å². The number of benzene rings is 1. The van der Waals surface area contributed by atoms with Crippen molar-refractivity contribution in [1.29, 1.82) is 0 Å². The van der Waals surface area contributed by atoms with E-state index in [-0.39, 0.29) is 6.04 Å². The first kappa shape index (κ1) is 18.0. The van der Waals surface area contributed by atoms with Crippen molar-refractivity contribution in [2.75, 3.05) is 39.6 Å². The fourth-order valence-corrected chi connectivity index (χ4v) is 2.10. The lowest BCUT2D eigenvalue weighted by Crippen LogP contribution is -2.27. The molecule has 1 aromatic rings. The van der Waals surface area contributed by atoms with E-state index < -0.39 is 0 Å². The maximum absolute atomic E-state index is 5.74. The number of rotatable bonds is 12. The third kappa shape index (κ3) is 6.93. The molecule has 0 aromatic heterocycles. The first-order chi connectivity index (χ1) is 10.3. The lowest BCUT2D eigenvalue weighted by molar-refractivity contribution is 0.0430. The molecule has 0 radical (unpaired) electrons. The SMILES string of the molecule is CCCNC(COCCOCC)c1ccccc1OCC. The number of hydrogen-bond donors (Lipinski definition) is 1. The van der Waals surface area contributed by atoms with Gasteiger partial charge < -0.3 is 19.5 Å². The predicted molar refractivity (Wildman–Crippen MR) is 86.0 cm³/mol. The van der Waals surface area contributed by atoms with Gasteiger partial charge in [-0.3, -0.25) is 0 Å². The Hall–Kier alpha value is -1.10. The standard InChI is InChI=1S/C17H29NO3/c1-4-11-18-16(14-20-13-12-19-5-2)15-9-7-8-10-17(15)21-6-3/h7-10,16,18H,4-6,11-14H2,1-3H3. The molecular weight excluding hydrogens is 266 g/mol. The summed E-state index contributed by atoms with van der Waals surface area (Å²) in [7, 11) is 0. The van der Waals surface area contributed by atoms with Gasteiger partial charge in [0.05, 0.1) is 32.5 Å². The normalized spacial score (nSPS) is 12.3. The molecule has 0 spiro atoms. The van der Waals surface area contributed by atoms with Gasteiger partial charge in [0.25, 0.3) is 0 Å². The van der Waals surface area contributed by atoms with E-state index in [2.05, 4.69) is 18.3 Å². The average molecular weight is 295 g/mol. The van der Waals surface area contributed by atoms with Crippen molar-refractivity contribution in [2.45, 2.75) is 33.2 Å². The molecular formula is C17H29NO3. The Bertz CT molecular complexity index is 371. The van der Waals surface area contributed by atoms with Crippen LogP contribution in [0.1, 0.15) is 38.8 Å². The minimum atomic E-state index is 0.148. The summed E-state index contributed by atoms with van der Waals surface area (Å²) in [4.78, 5) is 0. The summed E-state index contributed by atoms with van der Waals surface area (Å²) in [6, 6.07) is 8.30. The largest absolute Gasteiger partial charge is 0.494 e. The highest BCUT2D eigenvalue weighted by Gasteiger charge is 2.15. The minimum Gasteiger partial charge on any atom is -0.494 e. The van der Waals surface area contributed by atoms with Gasteiger partial charge in [0.1, 0.15) is 5.75 Å². The van der Waals surface area contributed by atoms with Crippen LogP contribution in [-0.2, 0) is 9.47 Å². The van der Waals surface area contributed by atoms with E-state index in [1.807, 2.05) is 32.0 Å². The summed E-state index contributed by atoms with van der Waals surface area (Å²) in [5.41, 5.74) is 1.16. The highest BCUT2D eigenvalue weighted by molar-refractivity contribution is 5.36. The molecule has 4 heteroatoms. The smallest absolute Gasteiger partial charge is 0.124 e. The fourth-order valence-electron chi connectivity index (χ4n) is 2.10. The molecule has 0 aliphatic heterocycles. The molecule has 1 N–H and O–H groups in total. The maximum atomic E-state index is 5.74. The molecule has 120 valence electrons. The summed E-state index contributed by atoms with van der Waals surface area (Å²) in [5.74, 6) is 0.932. The van der Waals surface area contributed by atoms with E-state index in [0.29, 0.717) is 26.4 Å². The molecule has 0 aliphatic rings. The van der Waals surface area contributed by atoms with Crippen LogP contribution in [0, 0.1) is 0 Å². The molecule has 1 unspecified atom stereocenters. The first-order valence-electron chi connectivity index (χ1n) is 7.94. The van der Waals surface area contributed by atoms with Crippen LogP contribution in [0.25, 0.3) is 0 Å². The highest BCUT2D eigenvalue weighted by atomic mass is 16.5. The molecule has 0 aliphatic carbocycles. The Kier molecular flexibility index (Phi) is 9.87. The molecule has 21 heavy (non-hydrogen) atoms. The Labute approximate surface area is 128 Å². The molecule has 0 heterocycles. The quantitative estimate of drug-likeness (QED) is 0.601. The second kappa shape index (κ2) is 11.5. The summed E-state index contributed by atoms with van der Waals surface area (Å²) >= 11 is 0. The summed E-state index contributed by atoms with van der Waals surface area (Å²) < 4.78 is 16.8. The third-order valence-electron chi connectivity index (χ3n) is 3.10. The predicted octanol–water partition coefficient (Wildman–Crippen LogP) is 3.18. The van der Waals surface area contributed by atoms with Gasteiger partial charge in [-0.2, -0.15) is 0 Å². The summed E-state index contributed by atoms with van der Waals surface area (Å²) in [6.07, 6.45) is 1.09. The van der Waals surface area contributed by atoms with Gasteiger partial charge in [-0.25, -0.2) is 0 Å². The molecule has 0 amide bonds. The van der Waals surface area contributed by atoms with Crippen LogP contribution in [0.3, 0.4) is 0 Å². The van der Waals surface area contributed by atoms with E-state index in [0.717, 1.165) is 30.9 Å². The Balaban J connectivity index is 2.63. The second-order valence-corrected chi connectivity index (χ2v) is 4.75. The van der Waals surface area contributed by atoms with Crippen molar-refractivity contribution in [1.82, 2.24) is 5.32 Å². The van der Waals surface area contributed by atoms with Crippen molar-refractivity contribution in [3.8, 4) is 5.75 Å². The number of para-hydroxylation sites is 1. The summed E-state index contributed by atoms with van der Waals surface area (Å²) in [5, 5.41) is 3.53. The van der Waals surface area contributed by atoms with Crippen molar-refractivity contribution < 1.29 is 14.2 Å². The van der Waals surface area contributed by atoms with Crippen LogP contribution in [-0.4, -0.2) is 39.6 Å². The molecule has 0 fully saturated rings. The van der Waals surface area contributed by atoms with Crippen LogP contribution in [0.15, 0.2) is 24.3 Å². The monoisotopic (exact) mass is 295 g/mol. The molecule has 0 bridgehead atoms. The van der Waals surface area contributed by atoms with E-state index in [1.54, 1.807) is 0 Å². The van der Waals surface area contributed by atoms with Gasteiger partial charge in [-0.1, -0.05) is 25.1 Å². The van der Waals surface area contributed by atoms with Gasteiger partial charge in [-0.05, 0) is 32.9 Å². The Morgan fingerprint density at radius 2 is 1.76 bits per heavy atom. The van der Waals surface area contributed by atoms with Crippen LogP contribution in [0.2, 0.25) is 0 Å². The maximum Gasteiger partial charge on any atom is 0.124 e. The van der Waals surface area contributed by atoms with E-state index >= 15 is 0 Å². The fraction of sp³-hybridized carbons (Fsp3) is 0.647. The molecule has 1 atom stereocenters. The van der Waals surface area contributed by atoms with E-state index in [1.165, 1.54) is 0 Å². The van der Waals surface area contributed by atoms with Crippen LogP contribution >= 0.6 is 0 Å². The van der Waals surface area contributed by atoms with Crippen molar-refractivity contribution in [3.63, 3.8) is 0 Å². The molecule has 0 saturated carbocycles. The van der Waals surface area contributed by atoms with Crippen molar-refractivity contribution in [2.24, 2.45) is 0 Å². The number of nitrogens with one attached hydrogen (secondary N) is 1. The lowest BCUT2D eigenvalue weighted by atomic mass is 10.1. The first-order valence-corrected chi connectivity index (χ1v) is 7.94. The van der Waals surface area contributed by atoms with Gasteiger partial charge in [0, 0.05) is 12.2 Å². The molecule has 1 rings (SSSR count). The zero-order valence-electron chi connectivity index (χ0n) is 13.6. The van der Waals surface area contributed by atoms with Crippen LogP contribution in [0.5, 0.6) is 5.75 Å². The zero-order chi connectivity index (χ0) is 15.3. The van der Waals surface area contributed by atoms with Gasteiger partial charge >= 0.3 is 0 Å². The molecule has 4 nitrogen and oxygen atoms in total. The van der Waals surface area contributed by atoms with E-state index in [4.69, 9.17) is 14.2 Å². The van der Waals surface area contributed by atoms with Crippen molar-refractivity contribution in [3.05, 3.63) is 29.8 Å². The van der Waals surface area contributed by atoms with Crippen LogP contribution in [0.4, 0.5) is 0 Å². The average Bonchev–Trinajstić information content (AvgIpc) is 2.51. The topological polar surface area (TPSA) is 39.7 Å². The molecule has 0 saturated heterocycles. The van der Waals surface area contributed by atoms with Crippen LogP contribution < -0.4 is 10.1 Å². The minimum absolute atomic E-state index is 0.148. The number of ether oxygens (including phenoxy) is 3. The zero-order valence-corrected chi connectivity index (χ0v) is 13.6. The Morgan fingerprint density at radius 1 is 1.00 bits per heavy atom. The second-order valence-electron chi connectivity index (χ2n) is 4.75. The van der Waals surface area contributed by atoms with Gasteiger partial charge in [-0.15, -0.1) is 0 Å². The molecule has 1 aromatic carbocycles. The van der Waals surface area contributed by atoms with Gasteiger partial charge in [0.15, 0.2) is 0 Å². The highest BCUT2D eigenvalue weighted by Crippen LogP contribution is 2.25. The Morgan fingerprint density at radius 3 is 2.48 bits per heavy atom.